The Balaban J connectivity index is 1.66. The Hall–Kier alpha value is -2.87. The summed E-state index contributed by atoms with van der Waals surface area (Å²) >= 11 is 0. The van der Waals surface area contributed by atoms with Crippen LogP contribution in [0.4, 0.5) is 4.39 Å². The first kappa shape index (κ1) is 15.6. The number of fused-ring (bicyclic) bond motifs is 1. The first-order valence-electron chi connectivity index (χ1n) is 7.94. The van der Waals surface area contributed by atoms with E-state index in [2.05, 4.69) is 20.4 Å². The molecule has 1 aliphatic rings. The molecule has 0 bridgehead atoms. The van der Waals surface area contributed by atoms with Gasteiger partial charge in [0.1, 0.15) is 23.0 Å². The second kappa shape index (κ2) is 6.21. The molecular weight excluding hydrogens is 325 g/mol. The van der Waals surface area contributed by atoms with Crippen molar-refractivity contribution in [1.82, 2.24) is 25.3 Å². The maximum atomic E-state index is 13.8. The van der Waals surface area contributed by atoms with E-state index in [0.717, 1.165) is 5.56 Å². The molecule has 1 N–H and O–H groups in total. The number of ether oxygens (including phenoxy) is 1. The largest absolute Gasteiger partial charge is 0.371 e. The van der Waals surface area contributed by atoms with Crippen LogP contribution in [0.3, 0.4) is 0 Å². The monoisotopic (exact) mass is 341 g/mol. The van der Waals surface area contributed by atoms with Crippen molar-refractivity contribution in [1.29, 1.82) is 0 Å². The van der Waals surface area contributed by atoms with Crippen molar-refractivity contribution < 1.29 is 13.9 Å². The molecule has 25 heavy (non-hydrogen) atoms. The average Bonchev–Trinajstić information content (AvgIpc) is 3.29. The maximum absolute atomic E-state index is 13.8. The third-order valence-electron chi connectivity index (χ3n) is 4.51. The van der Waals surface area contributed by atoms with E-state index in [1.165, 1.54) is 12.1 Å². The number of nitrogens with one attached hydrogen (secondary N) is 1. The lowest BCUT2D eigenvalue weighted by atomic mass is 10.0. The molecule has 4 rings (SSSR count). The number of likely N-dealkylation sites (N-methyl/N-ethyl adjacent to an activating group) is 1. The lowest BCUT2D eigenvalue weighted by molar-refractivity contribution is 0.0516. The number of carbonyl (C=O) groups excluding carboxylic acids is 1. The molecule has 1 saturated heterocycles. The van der Waals surface area contributed by atoms with Crippen molar-refractivity contribution in [2.45, 2.75) is 18.6 Å². The summed E-state index contributed by atoms with van der Waals surface area (Å²) in [6.07, 6.45) is 3.86. The summed E-state index contributed by atoms with van der Waals surface area (Å²) in [5, 5.41) is 10.3. The minimum atomic E-state index is -0.523. The van der Waals surface area contributed by atoms with Crippen LogP contribution in [-0.2, 0) is 4.74 Å². The van der Waals surface area contributed by atoms with Crippen LogP contribution in [0.2, 0.25) is 0 Å². The van der Waals surface area contributed by atoms with Crippen LogP contribution in [0.5, 0.6) is 0 Å². The number of hydrogen-bond donors (Lipinski definition) is 1. The predicted molar refractivity (Wildman–Crippen MR) is 87.3 cm³/mol. The van der Waals surface area contributed by atoms with Crippen molar-refractivity contribution in [3.8, 4) is 0 Å². The van der Waals surface area contributed by atoms with Gasteiger partial charge in [0.15, 0.2) is 0 Å². The number of hydrogen-bond acceptors (Lipinski definition) is 5. The van der Waals surface area contributed by atoms with Crippen LogP contribution in [0, 0.1) is 5.82 Å². The first-order valence-corrected chi connectivity index (χ1v) is 7.94. The smallest absolute Gasteiger partial charge is 0.256 e. The highest BCUT2D eigenvalue weighted by atomic mass is 19.1. The Morgan fingerprint density at radius 1 is 1.40 bits per heavy atom. The summed E-state index contributed by atoms with van der Waals surface area (Å²) in [7, 11) is 1.70. The number of carbonyl (C=O) groups is 1. The molecule has 3 aromatic rings. The number of H-pyrrole nitrogens is 1. The molecule has 1 amide bonds. The van der Waals surface area contributed by atoms with E-state index in [-0.39, 0.29) is 23.6 Å². The van der Waals surface area contributed by atoms with Crippen molar-refractivity contribution in [2.24, 2.45) is 0 Å². The average molecular weight is 341 g/mol. The van der Waals surface area contributed by atoms with Gasteiger partial charge in [-0.1, -0.05) is 6.07 Å². The highest BCUT2D eigenvalue weighted by Gasteiger charge is 2.36. The minimum absolute atomic E-state index is 0.165. The third kappa shape index (κ3) is 2.74. The van der Waals surface area contributed by atoms with E-state index < -0.39 is 5.82 Å². The fourth-order valence-corrected chi connectivity index (χ4v) is 3.26. The van der Waals surface area contributed by atoms with Gasteiger partial charge in [-0.05, 0) is 18.6 Å². The summed E-state index contributed by atoms with van der Waals surface area (Å²) < 4.78 is 19.6. The van der Waals surface area contributed by atoms with Gasteiger partial charge in [-0.25, -0.2) is 4.39 Å². The quantitative estimate of drug-likeness (QED) is 0.789. The summed E-state index contributed by atoms with van der Waals surface area (Å²) in [5.74, 6) is -0.840. The standard InChI is InChI=1S/C17H16FN5O2/c1-23(14-4-6-25-16(14)10-3-2-5-19-9-10)17(24)12-7-11(18)8-13-15(12)21-22-20-13/h2-3,5,7-9,14,16H,4,6H2,1H3,(H,20,21,22)/t14-,16+/m0/s1. The fraction of sp³-hybridized carbons (Fsp3) is 0.294. The number of aromatic amines is 1. The molecule has 1 aromatic carbocycles. The van der Waals surface area contributed by atoms with E-state index in [0.29, 0.717) is 24.1 Å². The van der Waals surface area contributed by atoms with Gasteiger partial charge in [-0.3, -0.25) is 9.78 Å². The zero-order valence-corrected chi connectivity index (χ0v) is 13.5. The first-order chi connectivity index (χ1) is 12.1. The van der Waals surface area contributed by atoms with Crippen LogP contribution in [-0.4, -0.2) is 50.9 Å². The SMILES string of the molecule is CN(C(=O)c1cc(F)cc2n[nH]nc12)[C@H]1CCO[C@@H]1c1cccnc1. The summed E-state index contributed by atoms with van der Waals surface area (Å²) in [5.41, 5.74) is 1.77. The molecule has 1 fully saturated rings. The molecule has 8 heteroatoms. The number of rotatable bonds is 3. The predicted octanol–water partition coefficient (Wildman–Crippen LogP) is 2.09. The van der Waals surface area contributed by atoms with Gasteiger partial charge in [0.25, 0.3) is 5.91 Å². The molecule has 2 aromatic heterocycles. The van der Waals surface area contributed by atoms with Gasteiger partial charge in [0.05, 0.1) is 11.6 Å². The zero-order chi connectivity index (χ0) is 17.4. The highest BCUT2D eigenvalue weighted by Crippen LogP contribution is 2.33. The Morgan fingerprint density at radius 3 is 3.08 bits per heavy atom. The molecule has 0 radical (unpaired) electrons. The topological polar surface area (TPSA) is 84.0 Å². The van der Waals surface area contributed by atoms with Crippen LogP contribution < -0.4 is 0 Å². The normalized spacial score (nSPS) is 20.1. The maximum Gasteiger partial charge on any atom is 0.256 e. The molecule has 0 saturated carbocycles. The van der Waals surface area contributed by atoms with Gasteiger partial charge in [0.2, 0.25) is 0 Å². The van der Waals surface area contributed by atoms with Crippen LogP contribution >= 0.6 is 0 Å². The van der Waals surface area contributed by atoms with Gasteiger partial charge in [0, 0.05) is 37.7 Å². The zero-order valence-electron chi connectivity index (χ0n) is 13.5. The highest BCUT2D eigenvalue weighted by molar-refractivity contribution is 6.04. The lowest BCUT2D eigenvalue weighted by Crippen LogP contribution is -2.39. The second-order valence-electron chi connectivity index (χ2n) is 5.99. The van der Waals surface area contributed by atoms with Gasteiger partial charge >= 0.3 is 0 Å². The second-order valence-corrected chi connectivity index (χ2v) is 5.99. The molecule has 0 spiro atoms. The number of nitrogens with zero attached hydrogens (tertiary/aromatic N) is 4. The van der Waals surface area contributed by atoms with Crippen molar-refractivity contribution in [2.75, 3.05) is 13.7 Å². The molecule has 1 aliphatic heterocycles. The van der Waals surface area contributed by atoms with E-state index in [4.69, 9.17) is 4.74 Å². The summed E-state index contributed by atoms with van der Waals surface area (Å²) in [4.78, 5) is 18.7. The third-order valence-corrected chi connectivity index (χ3v) is 4.51. The lowest BCUT2D eigenvalue weighted by Gasteiger charge is -2.28. The Bertz CT molecular complexity index is 914. The van der Waals surface area contributed by atoms with Gasteiger partial charge in [-0.2, -0.15) is 15.4 Å². The van der Waals surface area contributed by atoms with Gasteiger partial charge < -0.3 is 9.64 Å². The van der Waals surface area contributed by atoms with Crippen LogP contribution in [0.15, 0.2) is 36.7 Å². The number of aromatic nitrogens is 4. The van der Waals surface area contributed by atoms with E-state index in [1.807, 2.05) is 12.1 Å². The number of pyridine rings is 1. The number of benzene rings is 1. The Kier molecular flexibility index (Phi) is 3.89. The van der Waals surface area contributed by atoms with E-state index >= 15 is 0 Å². The number of halogens is 1. The number of amides is 1. The van der Waals surface area contributed by atoms with Crippen LogP contribution in [0.1, 0.15) is 28.4 Å². The van der Waals surface area contributed by atoms with Crippen molar-refractivity contribution in [3.63, 3.8) is 0 Å². The molecular formula is C17H16FN5O2. The molecule has 0 unspecified atom stereocenters. The Labute approximate surface area is 142 Å². The molecule has 128 valence electrons. The van der Waals surface area contributed by atoms with Crippen molar-refractivity contribution in [3.05, 3.63) is 53.6 Å². The molecule has 2 atom stereocenters. The molecule has 7 nitrogen and oxygen atoms in total. The van der Waals surface area contributed by atoms with E-state index in [9.17, 15) is 9.18 Å². The van der Waals surface area contributed by atoms with Crippen molar-refractivity contribution >= 4 is 16.9 Å². The fourth-order valence-electron chi connectivity index (χ4n) is 3.26. The summed E-state index contributed by atoms with van der Waals surface area (Å²) in [6.45, 7) is 0.546. The summed E-state index contributed by atoms with van der Waals surface area (Å²) in [6, 6.07) is 6.03. The van der Waals surface area contributed by atoms with E-state index in [1.54, 1.807) is 24.3 Å². The molecule has 3 heterocycles. The molecule has 0 aliphatic carbocycles. The minimum Gasteiger partial charge on any atom is -0.371 e. The van der Waals surface area contributed by atoms with Crippen LogP contribution in [0.25, 0.3) is 11.0 Å². The van der Waals surface area contributed by atoms with Gasteiger partial charge in [-0.15, -0.1) is 0 Å². The Morgan fingerprint density at radius 2 is 2.28 bits per heavy atom.